The third kappa shape index (κ3) is 4.87. The predicted octanol–water partition coefficient (Wildman–Crippen LogP) is 1.47. The van der Waals surface area contributed by atoms with Gasteiger partial charge in [0.25, 0.3) is 10.1 Å². The lowest BCUT2D eigenvalue weighted by atomic mass is 10.2. The molecule has 1 unspecified atom stereocenters. The highest BCUT2D eigenvalue weighted by Crippen LogP contribution is 2.20. The Morgan fingerprint density at radius 2 is 1.96 bits per heavy atom. The molecule has 1 aliphatic rings. The van der Waals surface area contributed by atoms with Crippen LogP contribution in [0, 0.1) is 23.3 Å². The molecule has 0 aliphatic carbocycles. The molecular weight excluding hydrogens is 342 g/mol. The molecule has 1 aromatic rings. The Balaban J connectivity index is 1.95. The molecule has 5 nitrogen and oxygen atoms in total. The number of benzene rings is 1. The standard InChI is InChI=1S/C13H15F4NO4S/c14-10-5-11(15)13(17)12(16)9(10)7-22-23(19,20)4-1-8-6-18-2-3-21-8/h5,8,18H,1-4,6-7H2. The van der Waals surface area contributed by atoms with E-state index in [4.69, 9.17) is 4.74 Å². The largest absolute Gasteiger partial charge is 0.376 e. The minimum atomic E-state index is -4.09. The van der Waals surface area contributed by atoms with Gasteiger partial charge in [0.05, 0.1) is 30.6 Å². The molecule has 1 aliphatic heterocycles. The van der Waals surface area contributed by atoms with Gasteiger partial charge in [-0.05, 0) is 6.42 Å². The van der Waals surface area contributed by atoms with Crippen LogP contribution in [0.1, 0.15) is 12.0 Å². The van der Waals surface area contributed by atoms with Crippen molar-refractivity contribution in [2.24, 2.45) is 0 Å². The molecule has 1 heterocycles. The molecule has 23 heavy (non-hydrogen) atoms. The number of halogens is 4. The van der Waals surface area contributed by atoms with Crippen molar-refractivity contribution in [3.63, 3.8) is 0 Å². The summed E-state index contributed by atoms with van der Waals surface area (Å²) in [5.74, 6) is -7.24. The average molecular weight is 357 g/mol. The highest BCUT2D eigenvalue weighted by atomic mass is 32.2. The first-order chi connectivity index (χ1) is 10.8. The minimum absolute atomic E-state index is 0.130. The van der Waals surface area contributed by atoms with Crippen molar-refractivity contribution in [2.45, 2.75) is 19.1 Å². The number of morpholine rings is 1. The molecule has 0 amide bonds. The van der Waals surface area contributed by atoms with Crippen LogP contribution in [0.3, 0.4) is 0 Å². The van der Waals surface area contributed by atoms with E-state index in [0.29, 0.717) is 19.7 Å². The molecule has 0 bridgehead atoms. The summed E-state index contributed by atoms with van der Waals surface area (Å²) in [6.07, 6.45) is -0.170. The molecular formula is C13H15F4NO4S. The summed E-state index contributed by atoms with van der Waals surface area (Å²) in [6, 6.07) is 0.130. The van der Waals surface area contributed by atoms with Gasteiger partial charge in [-0.1, -0.05) is 0 Å². The van der Waals surface area contributed by atoms with E-state index in [1.54, 1.807) is 0 Å². The van der Waals surface area contributed by atoms with Crippen molar-refractivity contribution in [2.75, 3.05) is 25.4 Å². The van der Waals surface area contributed by atoms with Gasteiger partial charge in [0.2, 0.25) is 0 Å². The molecule has 2 rings (SSSR count). The van der Waals surface area contributed by atoms with Crippen LogP contribution in [-0.4, -0.2) is 40.0 Å². The molecule has 1 aromatic carbocycles. The van der Waals surface area contributed by atoms with E-state index in [0.717, 1.165) is 0 Å². The lowest BCUT2D eigenvalue weighted by Crippen LogP contribution is -2.39. The summed E-state index contributed by atoms with van der Waals surface area (Å²) < 4.78 is 85.9. The fraction of sp³-hybridized carbons (Fsp3) is 0.538. The van der Waals surface area contributed by atoms with E-state index < -0.39 is 51.3 Å². The van der Waals surface area contributed by atoms with Crippen LogP contribution in [0.25, 0.3) is 0 Å². The summed E-state index contributed by atoms with van der Waals surface area (Å²) in [5.41, 5.74) is -0.983. The molecule has 10 heteroatoms. The number of rotatable bonds is 6. The molecule has 1 N–H and O–H groups in total. The predicted molar refractivity (Wildman–Crippen MR) is 72.1 cm³/mol. The smallest absolute Gasteiger partial charge is 0.267 e. The van der Waals surface area contributed by atoms with Gasteiger partial charge in [-0.3, -0.25) is 4.18 Å². The zero-order valence-electron chi connectivity index (χ0n) is 12.0. The van der Waals surface area contributed by atoms with Crippen LogP contribution in [-0.2, 0) is 25.6 Å². The summed E-state index contributed by atoms with van der Waals surface area (Å²) in [6.45, 7) is 0.564. The molecule has 1 saturated heterocycles. The second-order valence-electron chi connectivity index (χ2n) is 4.96. The SMILES string of the molecule is O=S(=O)(CCC1CNCCO1)OCc1c(F)cc(F)c(F)c1F. The number of nitrogens with one attached hydrogen (secondary N) is 1. The highest BCUT2D eigenvalue weighted by Gasteiger charge is 2.23. The zero-order valence-corrected chi connectivity index (χ0v) is 12.8. The topological polar surface area (TPSA) is 64.6 Å². The van der Waals surface area contributed by atoms with Crippen LogP contribution in [0.4, 0.5) is 17.6 Å². The fourth-order valence-electron chi connectivity index (χ4n) is 2.02. The van der Waals surface area contributed by atoms with E-state index in [1.165, 1.54) is 0 Å². The molecule has 0 aromatic heterocycles. The van der Waals surface area contributed by atoms with Crippen LogP contribution >= 0.6 is 0 Å². The number of ether oxygens (including phenoxy) is 1. The lowest BCUT2D eigenvalue weighted by Gasteiger charge is -2.23. The van der Waals surface area contributed by atoms with E-state index in [2.05, 4.69) is 9.50 Å². The Bertz CT molecular complexity index is 662. The Kier molecular flexibility index (Phi) is 5.95. The van der Waals surface area contributed by atoms with Crippen molar-refractivity contribution >= 4 is 10.1 Å². The Morgan fingerprint density at radius 1 is 1.22 bits per heavy atom. The van der Waals surface area contributed by atoms with Gasteiger partial charge >= 0.3 is 0 Å². The van der Waals surface area contributed by atoms with Gasteiger partial charge < -0.3 is 10.1 Å². The summed E-state index contributed by atoms with van der Waals surface area (Å²) >= 11 is 0. The van der Waals surface area contributed by atoms with E-state index in [1.807, 2.05) is 0 Å². The van der Waals surface area contributed by atoms with Crippen molar-refractivity contribution in [1.82, 2.24) is 5.32 Å². The quantitative estimate of drug-likeness (QED) is 0.362. The summed E-state index contributed by atoms with van der Waals surface area (Å²) in [5, 5.41) is 3.02. The van der Waals surface area contributed by atoms with Gasteiger partial charge in [0.15, 0.2) is 17.5 Å². The first-order valence-electron chi connectivity index (χ1n) is 6.81. The maximum atomic E-state index is 13.4. The van der Waals surface area contributed by atoms with E-state index >= 15 is 0 Å². The first-order valence-corrected chi connectivity index (χ1v) is 8.39. The zero-order chi connectivity index (χ0) is 17.0. The second kappa shape index (κ2) is 7.56. The normalized spacial score (nSPS) is 19.0. The summed E-state index contributed by atoms with van der Waals surface area (Å²) in [4.78, 5) is 0. The van der Waals surface area contributed by atoms with E-state index in [-0.39, 0.29) is 18.6 Å². The van der Waals surface area contributed by atoms with Crippen LogP contribution in [0.5, 0.6) is 0 Å². The minimum Gasteiger partial charge on any atom is -0.376 e. The Labute approximate surface area is 130 Å². The maximum Gasteiger partial charge on any atom is 0.267 e. The Morgan fingerprint density at radius 3 is 2.61 bits per heavy atom. The number of hydrogen-bond acceptors (Lipinski definition) is 5. The van der Waals surface area contributed by atoms with Gasteiger partial charge in [-0.25, -0.2) is 17.6 Å². The van der Waals surface area contributed by atoms with Gasteiger partial charge in [-0.2, -0.15) is 8.42 Å². The molecule has 1 fully saturated rings. The van der Waals surface area contributed by atoms with Crippen molar-refractivity contribution in [3.05, 3.63) is 34.9 Å². The first kappa shape index (κ1) is 18.1. The molecule has 0 spiro atoms. The monoisotopic (exact) mass is 357 g/mol. The van der Waals surface area contributed by atoms with Gasteiger partial charge in [0, 0.05) is 19.2 Å². The number of hydrogen-bond donors (Lipinski definition) is 1. The third-order valence-corrected chi connectivity index (χ3v) is 4.50. The maximum absolute atomic E-state index is 13.4. The average Bonchev–Trinajstić information content (AvgIpc) is 2.52. The van der Waals surface area contributed by atoms with Crippen LogP contribution in [0.2, 0.25) is 0 Å². The van der Waals surface area contributed by atoms with Crippen molar-refractivity contribution in [3.8, 4) is 0 Å². The van der Waals surface area contributed by atoms with Gasteiger partial charge in [-0.15, -0.1) is 0 Å². The fourth-order valence-corrected chi connectivity index (χ4v) is 2.99. The third-order valence-electron chi connectivity index (χ3n) is 3.29. The van der Waals surface area contributed by atoms with Crippen molar-refractivity contribution < 1.29 is 34.9 Å². The van der Waals surface area contributed by atoms with Crippen LogP contribution in [0.15, 0.2) is 6.07 Å². The molecule has 0 radical (unpaired) electrons. The van der Waals surface area contributed by atoms with Crippen molar-refractivity contribution in [1.29, 1.82) is 0 Å². The van der Waals surface area contributed by atoms with Crippen LogP contribution < -0.4 is 5.32 Å². The Hall–Kier alpha value is -1.23. The lowest BCUT2D eigenvalue weighted by molar-refractivity contribution is 0.0268. The molecule has 130 valence electrons. The summed E-state index contributed by atoms with van der Waals surface area (Å²) in [7, 11) is -4.09. The molecule has 0 saturated carbocycles. The van der Waals surface area contributed by atoms with E-state index in [9.17, 15) is 26.0 Å². The second-order valence-corrected chi connectivity index (χ2v) is 6.72. The molecule has 1 atom stereocenters. The highest BCUT2D eigenvalue weighted by molar-refractivity contribution is 7.86. The van der Waals surface area contributed by atoms with Gasteiger partial charge in [0.1, 0.15) is 5.82 Å².